The van der Waals surface area contributed by atoms with Gasteiger partial charge in [0.1, 0.15) is 24.2 Å². The molecule has 3 rings (SSSR count). The number of allylic oxidation sites excluding steroid dienone is 4. The van der Waals surface area contributed by atoms with E-state index in [9.17, 15) is 28.3 Å². The molecule has 2 heterocycles. The molecule has 9 nitrogen and oxygen atoms in total. The third kappa shape index (κ3) is 5.45. The summed E-state index contributed by atoms with van der Waals surface area (Å²) < 4.78 is 34.0. The fourth-order valence-electron chi connectivity index (χ4n) is 4.09. The zero-order chi connectivity index (χ0) is 25.7. The first-order valence-electron chi connectivity index (χ1n) is 11.3. The van der Waals surface area contributed by atoms with Crippen LogP contribution >= 0.6 is 0 Å². The van der Waals surface area contributed by atoms with Gasteiger partial charge in [0.2, 0.25) is 5.43 Å². The summed E-state index contributed by atoms with van der Waals surface area (Å²) in [7, 11) is 1.54. The molecule has 1 aliphatic carbocycles. The van der Waals surface area contributed by atoms with Crippen LogP contribution in [0.3, 0.4) is 0 Å². The molecular weight excluding hydrogens is 462 g/mol. The van der Waals surface area contributed by atoms with Crippen LogP contribution in [0.15, 0.2) is 47.2 Å². The number of carbonyl (C=O) groups is 2. The molecule has 1 aromatic heterocycles. The van der Waals surface area contributed by atoms with E-state index < -0.39 is 47.0 Å². The van der Waals surface area contributed by atoms with Crippen molar-refractivity contribution >= 4 is 11.8 Å². The maximum atomic E-state index is 14.1. The van der Waals surface area contributed by atoms with Crippen molar-refractivity contribution in [2.45, 2.75) is 38.4 Å². The number of amides is 2. The van der Waals surface area contributed by atoms with E-state index in [0.717, 1.165) is 6.08 Å². The number of hydrogen-bond donors (Lipinski definition) is 2. The Balaban J connectivity index is 1.99. The van der Waals surface area contributed by atoms with Gasteiger partial charge in [-0.15, -0.1) is 6.58 Å². The molecule has 0 fully saturated rings. The van der Waals surface area contributed by atoms with E-state index in [2.05, 4.69) is 11.9 Å². The molecule has 0 spiro atoms. The van der Waals surface area contributed by atoms with Crippen LogP contribution in [0.25, 0.3) is 0 Å². The lowest BCUT2D eigenvalue weighted by atomic mass is 10.0. The van der Waals surface area contributed by atoms with Gasteiger partial charge in [-0.3, -0.25) is 24.1 Å². The number of methoxy groups -OCH3 is 1. The Bertz CT molecular complexity index is 1110. The smallest absolute Gasteiger partial charge is 0.277 e. The maximum Gasteiger partial charge on any atom is 0.277 e. The molecule has 2 amide bonds. The van der Waals surface area contributed by atoms with Crippen molar-refractivity contribution in [3.63, 3.8) is 0 Å². The van der Waals surface area contributed by atoms with Crippen LogP contribution in [-0.2, 0) is 4.74 Å². The van der Waals surface area contributed by atoms with Gasteiger partial charge in [0, 0.05) is 32.8 Å². The summed E-state index contributed by atoms with van der Waals surface area (Å²) in [5.41, 5.74) is -1.53. The second kappa shape index (κ2) is 11.3. The summed E-state index contributed by atoms with van der Waals surface area (Å²) in [6.45, 7) is 6.02. The molecule has 2 atom stereocenters. The van der Waals surface area contributed by atoms with Crippen LogP contribution < -0.4 is 15.8 Å². The largest absolute Gasteiger partial charge is 0.502 e. The van der Waals surface area contributed by atoms with Crippen LogP contribution in [-0.4, -0.2) is 72.2 Å². The Morgan fingerprint density at radius 1 is 1.40 bits per heavy atom. The molecule has 0 saturated heterocycles. The molecule has 0 radical (unpaired) electrons. The number of carbonyl (C=O) groups excluding carboxylic acids is 2. The lowest BCUT2D eigenvalue weighted by Gasteiger charge is -2.43. The molecule has 0 bridgehead atoms. The maximum absolute atomic E-state index is 14.1. The molecule has 1 unspecified atom stereocenters. The second-order valence-electron chi connectivity index (χ2n) is 8.34. The third-order valence-electron chi connectivity index (χ3n) is 6.07. The number of fused-ring (bicyclic) bond motifs is 1. The number of halogens is 2. The molecule has 2 N–H and O–H groups in total. The average Bonchev–Trinajstić information content (AvgIpc) is 2.83. The van der Waals surface area contributed by atoms with Crippen molar-refractivity contribution in [2.75, 3.05) is 38.5 Å². The molecular formula is C24H30F2N4O5. The quantitative estimate of drug-likeness (QED) is 0.485. The van der Waals surface area contributed by atoms with Crippen LogP contribution in [0.1, 0.15) is 47.0 Å². The van der Waals surface area contributed by atoms with Crippen LogP contribution in [0, 0.1) is 0 Å². The van der Waals surface area contributed by atoms with Crippen molar-refractivity contribution < 1.29 is 28.2 Å². The van der Waals surface area contributed by atoms with Crippen molar-refractivity contribution in [1.82, 2.24) is 14.9 Å². The number of alkyl halides is 1. The first-order valence-corrected chi connectivity index (χ1v) is 11.3. The fourth-order valence-corrected chi connectivity index (χ4v) is 4.09. The minimum atomic E-state index is -1.59. The number of aromatic hydroxyl groups is 1. The first-order chi connectivity index (χ1) is 16.7. The Morgan fingerprint density at radius 2 is 2.14 bits per heavy atom. The fraction of sp³-hybridized carbons (Fsp3) is 0.458. The van der Waals surface area contributed by atoms with E-state index in [1.807, 2.05) is 0 Å². The van der Waals surface area contributed by atoms with E-state index in [1.54, 1.807) is 18.0 Å². The van der Waals surface area contributed by atoms with Gasteiger partial charge in [-0.1, -0.05) is 12.2 Å². The molecule has 2 aliphatic rings. The van der Waals surface area contributed by atoms with Crippen LogP contribution in [0.4, 0.5) is 8.78 Å². The zero-order valence-electron chi connectivity index (χ0n) is 19.8. The van der Waals surface area contributed by atoms with E-state index >= 15 is 0 Å². The molecule has 11 heteroatoms. The highest BCUT2D eigenvalue weighted by Crippen LogP contribution is 2.25. The van der Waals surface area contributed by atoms with Gasteiger partial charge in [0.15, 0.2) is 11.4 Å². The molecule has 1 aromatic rings. The predicted octanol–water partition coefficient (Wildman–Crippen LogP) is 2.16. The summed E-state index contributed by atoms with van der Waals surface area (Å²) in [4.78, 5) is 40.2. The standard InChI is InChI=1S/C24H30F2N4O5/c1-4-6-7-17(13-35-3)30-14-28(5-2)24(34)20-22(32)21(31)18(12-29(20)30)23(33)27-11-15-8-9-16(25)10-19(15)26/h4,8-9,12,17,19,32H,1,5-7,10-11,13-14H2,2-3H3,(H,27,33)/t17-,19?/m0/s1. The Labute approximate surface area is 201 Å². The molecule has 35 heavy (non-hydrogen) atoms. The molecule has 0 saturated carbocycles. The highest BCUT2D eigenvalue weighted by Gasteiger charge is 2.36. The Kier molecular flexibility index (Phi) is 8.44. The number of nitrogens with one attached hydrogen (secondary N) is 1. The van der Waals surface area contributed by atoms with Gasteiger partial charge in [-0.05, 0) is 31.4 Å². The average molecular weight is 493 g/mol. The lowest BCUT2D eigenvalue weighted by molar-refractivity contribution is 0.0659. The van der Waals surface area contributed by atoms with Crippen molar-refractivity contribution in [2.24, 2.45) is 0 Å². The van der Waals surface area contributed by atoms with Gasteiger partial charge in [0.05, 0.1) is 12.6 Å². The number of ether oxygens (including phenoxy) is 1. The number of pyridine rings is 1. The summed E-state index contributed by atoms with van der Waals surface area (Å²) in [6.07, 6.45) is 4.56. The van der Waals surface area contributed by atoms with Crippen LogP contribution in [0.5, 0.6) is 5.75 Å². The molecule has 190 valence electrons. The number of rotatable bonds is 10. The van der Waals surface area contributed by atoms with E-state index in [-0.39, 0.29) is 37.1 Å². The van der Waals surface area contributed by atoms with Crippen molar-refractivity contribution in [1.29, 1.82) is 0 Å². The minimum Gasteiger partial charge on any atom is -0.502 e. The number of aromatic nitrogens is 1. The van der Waals surface area contributed by atoms with E-state index in [1.165, 1.54) is 29.0 Å². The third-order valence-corrected chi connectivity index (χ3v) is 6.07. The van der Waals surface area contributed by atoms with Gasteiger partial charge in [0.25, 0.3) is 11.8 Å². The summed E-state index contributed by atoms with van der Waals surface area (Å²) >= 11 is 0. The monoisotopic (exact) mass is 492 g/mol. The topological polar surface area (TPSA) is 104 Å². The minimum absolute atomic E-state index is 0.144. The predicted molar refractivity (Wildman–Crippen MR) is 126 cm³/mol. The summed E-state index contributed by atoms with van der Waals surface area (Å²) in [5, 5.41) is 14.9. The van der Waals surface area contributed by atoms with Gasteiger partial charge in [-0.2, -0.15) is 0 Å². The first kappa shape index (κ1) is 26.1. The zero-order valence-corrected chi connectivity index (χ0v) is 19.8. The van der Waals surface area contributed by atoms with E-state index in [4.69, 9.17) is 4.74 Å². The lowest BCUT2D eigenvalue weighted by Crippen LogP contribution is -2.59. The normalized spacial score (nSPS) is 18.5. The summed E-state index contributed by atoms with van der Waals surface area (Å²) in [6, 6.07) is -0.266. The van der Waals surface area contributed by atoms with E-state index in [0.29, 0.717) is 19.4 Å². The van der Waals surface area contributed by atoms with Gasteiger partial charge < -0.3 is 20.1 Å². The second-order valence-corrected chi connectivity index (χ2v) is 8.34. The van der Waals surface area contributed by atoms with Gasteiger partial charge in [-0.25, -0.2) is 8.78 Å². The highest BCUT2D eigenvalue weighted by molar-refractivity contribution is 5.99. The number of hydrogen-bond acceptors (Lipinski definition) is 6. The Morgan fingerprint density at radius 3 is 2.77 bits per heavy atom. The summed E-state index contributed by atoms with van der Waals surface area (Å²) in [5.74, 6) is -2.86. The SMILES string of the molecule is C=CCC[C@@H](COC)N1CN(CC)C(=O)c2c(O)c(=O)c(C(=O)NCC3=CC=C(F)CC3F)cn21. The van der Waals surface area contributed by atoms with Crippen molar-refractivity contribution in [3.8, 4) is 5.75 Å². The number of nitrogens with zero attached hydrogens (tertiary/aromatic N) is 3. The molecule has 1 aliphatic heterocycles. The van der Waals surface area contributed by atoms with Crippen molar-refractivity contribution in [3.05, 3.63) is 63.9 Å². The Hall–Kier alpha value is -3.47. The highest BCUT2D eigenvalue weighted by atomic mass is 19.1. The molecule has 0 aromatic carbocycles. The van der Waals surface area contributed by atoms with Crippen LogP contribution in [0.2, 0.25) is 0 Å². The van der Waals surface area contributed by atoms with Gasteiger partial charge >= 0.3 is 0 Å².